The van der Waals surface area contributed by atoms with Crippen LogP contribution in [-0.2, 0) is 14.3 Å². The van der Waals surface area contributed by atoms with Gasteiger partial charge in [0, 0.05) is 12.7 Å². The first-order chi connectivity index (χ1) is 15.4. The second kappa shape index (κ2) is 11.0. The van der Waals surface area contributed by atoms with Gasteiger partial charge in [-0.25, -0.2) is 4.79 Å². The Hall–Kier alpha value is -3.39. The zero-order chi connectivity index (χ0) is 24.8. The standard InChI is InChI=1S/C25H33N3O5/c1-16-11-13-18(14-12-16)21(22(30)26-19-10-8-7-9-17(19)2)28(6)23(31)20(15-29)27-24(32)33-25(3,4)5/h7-14,20-21,29H,15H2,1-6H3,(H,26,30)(H,27,32). The average Bonchev–Trinajstić information content (AvgIpc) is 2.73. The van der Waals surface area contributed by atoms with Crippen molar-refractivity contribution in [1.29, 1.82) is 0 Å². The van der Waals surface area contributed by atoms with Crippen LogP contribution in [-0.4, -0.2) is 53.2 Å². The number of nitrogens with one attached hydrogen (secondary N) is 2. The van der Waals surface area contributed by atoms with Gasteiger partial charge in [-0.2, -0.15) is 0 Å². The minimum atomic E-state index is -1.27. The third kappa shape index (κ3) is 7.32. The van der Waals surface area contributed by atoms with E-state index in [1.165, 1.54) is 11.9 Å². The number of anilines is 1. The van der Waals surface area contributed by atoms with E-state index in [1.54, 1.807) is 39.0 Å². The quantitative estimate of drug-likeness (QED) is 0.594. The molecule has 2 aromatic carbocycles. The maximum Gasteiger partial charge on any atom is 0.408 e. The van der Waals surface area contributed by atoms with Crippen molar-refractivity contribution in [2.75, 3.05) is 19.0 Å². The fourth-order valence-electron chi connectivity index (χ4n) is 3.22. The molecule has 0 aliphatic carbocycles. The van der Waals surface area contributed by atoms with Gasteiger partial charge in [0.2, 0.25) is 5.91 Å². The summed E-state index contributed by atoms with van der Waals surface area (Å²) in [6, 6.07) is 12.3. The number of amides is 3. The Morgan fingerprint density at radius 3 is 2.18 bits per heavy atom. The number of alkyl carbamates (subject to hydrolysis) is 1. The summed E-state index contributed by atoms with van der Waals surface area (Å²) >= 11 is 0. The summed E-state index contributed by atoms with van der Waals surface area (Å²) in [5.41, 5.74) is 2.34. The largest absolute Gasteiger partial charge is 0.444 e. The van der Waals surface area contributed by atoms with Crippen molar-refractivity contribution < 1.29 is 24.2 Å². The van der Waals surface area contributed by atoms with Gasteiger partial charge in [-0.3, -0.25) is 9.59 Å². The Bertz CT molecular complexity index is 982. The molecule has 2 atom stereocenters. The topological polar surface area (TPSA) is 108 Å². The number of hydrogen-bond acceptors (Lipinski definition) is 5. The Labute approximate surface area is 194 Å². The lowest BCUT2D eigenvalue weighted by Gasteiger charge is -2.31. The van der Waals surface area contributed by atoms with Crippen LogP contribution in [0.4, 0.5) is 10.5 Å². The highest BCUT2D eigenvalue weighted by Crippen LogP contribution is 2.24. The molecule has 0 saturated heterocycles. The highest BCUT2D eigenvalue weighted by atomic mass is 16.6. The molecule has 178 valence electrons. The van der Waals surface area contributed by atoms with Crippen LogP contribution >= 0.6 is 0 Å². The maximum absolute atomic E-state index is 13.3. The summed E-state index contributed by atoms with van der Waals surface area (Å²) in [7, 11) is 1.46. The number of aliphatic hydroxyl groups excluding tert-OH is 1. The van der Waals surface area contributed by atoms with Crippen molar-refractivity contribution in [2.24, 2.45) is 0 Å². The predicted molar refractivity (Wildman–Crippen MR) is 127 cm³/mol. The molecule has 8 nitrogen and oxygen atoms in total. The van der Waals surface area contributed by atoms with Gasteiger partial charge in [-0.15, -0.1) is 0 Å². The summed E-state index contributed by atoms with van der Waals surface area (Å²) in [5, 5.41) is 15.0. The number of nitrogens with zero attached hydrogens (tertiary/aromatic N) is 1. The number of rotatable bonds is 7. The first kappa shape index (κ1) is 25.9. The second-order valence-corrected chi connectivity index (χ2v) is 8.95. The fourth-order valence-corrected chi connectivity index (χ4v) is 3.22. The molecule has 3 N–H and O–H groups in total. The Balaban J connectivity index is 2.31. The lowest BCUT2D eigenvalue weighted by molar-refractivity contribution is -0.139. The lowest BCUT2D eigenvalue weighted by Crippen LogP contribution is -2.52. The van der Waals surface area contributed by atoms with E-state index in [2.05, 4.69) is 10.6 Å². The number of carbonyl (C=O) groups excluding carboxylic acids is 3. The summed E-state index contributed by atoms with van der Waals surface area (Å²) in [4.78, 5) is 39.9. The first-order valence-electron chi connectivity index (χ1n) is 10.7. The van der Waals surface area contributed by atoms with Crippen molar-refractivity contribution in [3.8, 4) is 0 Å². The zero-order valence-corrected chi connectivity index (χ0v) is 20.0. The minimum Gasteiger partial charge on any atom is -0.444 e. The molecule has 0 fully saturated rings. The second-order valence-electron chi connectivity index (χ2n) is 8.95. The van der Waals surface area contributed by atoms with Crippen LogP contribution < -0.4 is 10.6 Å². The molecule has 0 bridgehead atoms. The fraction of sp³-hybridized carbons (Fsp3) is 0.400. The van der Waals surface area contributed by atoms with Gasteiger partial charge in [0.25, 0.3) is 5.91 Å². The number of carbonyl (C=O) groups is 3. The van der Waals surface area contributed by atoms with Crippen molar-refractivity contribution in [2.45, 2.75) is 52.3 Å². The van der Waals surface area contributed by atoms with Crippen molar-refractivity contribution in [1.82, 2.24) is 10.2 Å². The Morgan fingerprint density at radius 2 is 1.64 bits per heavy atom. The molecule has 0 aliphatic heterocycles. The summed E-state index contributed by atoms with van der Waals surface area (Å²) < 4.78 is 5.19. The molecule has 2 unspecified atom stereocenters. The predicted octanol–water partition coefficient (Wildman–Crippen LogP) is 3.33. The number of aliphatic hydroxyl groups is 1. The monoisotopic (exact) mass is 455 g/mol. The minimum absolute atomic E-state index is 0.419. The number of hydrogen-bond donors (Lipinski definition) is 3. The van der Waals surface area contributed by atoms with E-state index in [9.17, 15) is 19.5 Å². The van der Waals surface area contributed by atoms with Gasteiger partial charge in [0.05, 0.1) is 6.61 Å². The number of para-hydroxylation sites is 1. The van der Waals surface area contributed by atoms with Crippen LogP contribution in [0, 0.1) is 13.8 Å². The number of likely N-dealkylation sites (N-methyl/N-ethyl adjacent to an activating group) is 1. The smallest absolute Gasteiger partial charge is 0.408 e. The molecule has 0 heterocycles. The molecule has 2 rings (SSSR count). The lowest BCUT2D eigenvalue weighted by atomic mass is 10.0. The van der Waals surface area contributed by atoms with E-state index in [0.29, 0.717) is 11.3 Å². The van der Waals surface area contributed by atoms with Crippen molar-refractivity contribution in [3.05, 3.63) is 65.2 Å². The van der Waals surface area contributed by atoms with Gasteiger partial charge in [0.15, 0.2) is 0 Å². The number of aryl methyl sites for hydroxylation is 2. The molecule has 33 heavy (non-hydrogen) atoms. The molecule has 2 aromatic rings. The van der Waals surface area contributed by atoms with E-state index in [1.807, 2.05) is 44.2 Å². The van der Waals surface area contributed by atoms with Crippen LogP contribution in [0.1, 0.15) is 43.5 Å². The van der Waals surface area contributed by atoms with E-state index in [4.69, 9.17) is 4.74 Å². The van der Waals surface area contributed by atoms with Crippen LogP contribution in [0.2, 0.25) is 0 Å². The summed E-state index contributed by atoms with van der Waals surface area (Å²) in [5.74, 6) is -1.05. The normalized spacial score (nSPS) is 12.9. The van der Waals surface area contributed by atoms with Gasteiger partial charge in [-0.1, -0.05) is 48.0 Å². The highest BCUT2D eigenvalue weighted by molar-refractivity contribution is 5.99. The molecular formula is C25H33N3O5. The van der Waals surface area contributed by atoms with E-state index in [0.717, 1.165) is 11.1 Å². The van der Waals surface area contributed by atoms with Crippen LogP contribution in [0.5, 0.6) is 0 Å². The third-order valence-corrected chi connectivity index (χ3v) is 4.95. The Morgan fingerprint density at radius 1 is 1.03 bits per heavy atom. The highest BCUT2D eigenvalue weighted by Gasteiger charge is 2.34. The maximum atomic E-state index is 13.3. The Kier molecular flexibility index (Phi) is 8.59. The van der Waals surface area contributed by atoms with Gasteiger partial charge >= 0.3 is 6.09 Å². The van der Waals surface area contributed by atoms with Gasteiger partial charge < -0.3 is 25.4 Å². The molecule has 0 aliphatic rings. The van der Waals surface area contributed by atoms with E-state index >= 15 is 0 Å². The molecule has 0 spiro atoms. The molecule has 0 aromatic heterocycles. The van der Waals surface area contributed by atoms with Crippen LogP contribution in [0.15, 0.2) is 48.5 Å². The molecular weight excluding hydrogens is 422 g/mol. The average molecular weight is 456 g/mol. The van der Waals surface area contributed by atoms with Crippen molar-refractivity contribution in [3.63, 3.8) is 0 Å². The van der Waals surface area contributed by atoms with Gasteiger partial charge in [-0.05, 0) is 51.8 Å². The third-order valence-electron chi connectivity index (χ3n) is 4.95. The zero-order valence-electron chi connectivity index (χ0n) is 20.0. The number of benzene rings is 2. The summed E-state index contributed by atoms with van der Waals surface area (Å²) in [6.45, 7) is 8.22. The van der Waals surface area contributed by atoms with E-state index < -0.39 is 42.2 Å². The molecule has 0 saturated carbocycles. The molecule has 8 heteroatoms. The van der Waals surface area contributed by atoms with Crippen LogP contribution in [0.3, 0.4) is 0 Å². The first-order valence-corrected chi connectivity index (χ1v) is 10.7. The summed E-state index contributed by atoms with van der Waals surface area (Å²) in [6.07, 6.45) is -0.834. The number of ether oxygens (including phenoxy) is 1. The van der Waals surface area contributed by atoms with Gasteiger partial charge in [0.1, 0.15) is 17.7 Å². The van der Waals surface area contributed by atoms with Crippen molar-refractivity contribution >= 4 is 23.6 Å². The van der Waals surface area contributed by atoms with Crippen LogP contribution in [0.25, 0.3) is 0 Å². The molecule has 0 radical (unpaired) electrons. The van der Waals surface area contributed by atoms with E-state index in [-0.39, 0.29) is 0 Å². The SMILES string of the molecule is Cc1ccc(C(C(=O)Nc2ccccc2C)N(C)C(=O)C(CO)NC(=O)OC(C)(C)C)cc1. The molecule has 3 amide bonds.